The van der Waals surface area contributed by atoms with Gasteiger partial charge < -0.3 is 15.4 Å². The highest BCUT2D eigenvalue weighted by atomic mass is 32.2. The van der Waals surface area contributed by atoms with Crippen LogP contribution in [0.4, 0.5) is 10.7 Å². The van der Waals surface area contributed by atoms with Crippen LogP contribution < -0.4 is 15.4 Å². The van der Waals surface area contributed by atoms with Gasteiger partial charge in [-0.2, -0.15) is 11.8 Å². The molecule has 1 aliphatic heterocycles. The Morgan fingerprint density at radius 3 is 2.83 bits per heavy atom. The molecule has 1 unspecified atom stereocenters. The number of carbonyl (C=O) groups excluding carboxylic acids is 1. The first-order valence-corrected chi connectivity index (χ1v) is 7.74. The number of thioether (sulfide) groups is 1. The van der Waals surface area contributed by atoms with Crippen LogP contribution in [0.15, 0.2) is 0 Å². The highest BCUT2D eigenvalue weighted by Crippen LogP contribution is 2.45. The van der Waals surface area contributed by atoms with Gasteiger partial charge >= 0.3 is 0 Å². The van der Waals surface area contributed by atoms with E-state index in [0.29, 0.717) is 21.6 Å². The molecule has 1 fully saturated rings. The number of anilines is 2. The molecule has 2 rings (SSSR count). The predicted molar refractivity (Wildman–Crippen MR) is 79.4 cm³/mol. The van der Waals surface area contributed by atoms with Crippen molar-refractivity contribution in [3.8, 4) is 5.75 Å². The van der Waals surface area contributed by atoms with Crippen molar-refractivity contribution in [2.75, 3.05) is 36.6 Å². The van der Waals surface area contributed by atoms with Crippen LogP contribution in [0, 0.1) is 0 Å². The average Bonchev–Trinajstić information content (AvgIpc) is 2.66. The van der Waals surface area contributed by atoms with Gasteiger partial charge in [-0.1, -0.05) is 6.92 Å². The third-order valence-electron chi connectivity index (χ3n) is 2.93. The number of hydrogen-bond acceptors (Lipinski definition) is 6. The molecule has 0 aliphatic carbocycles. The number of rotatable bonds is 3. The van der Waals surface area contributed by atoms with Crippen molar-refractivity contribution in [3.63, 3.8) is 0 Å². The lowest BCUT2D eigenvalue weighted by atomic mass is 10.3. The van der Waals surface area contributed by atoms with Crippen molar-refractivity contribution in [2.24, 2.45) is 0 Å². The number of Topliss-reactive ketones (excluding diaryl/α,β-unsaturated/α-hetero) is 1. The highest BCUT2D eigenvalue weighted by Gasteiger charge is 2.26. The molecule has 18 heavy (non-hydrogen) atoms. The number of nitrogens with two attached hydrogens (primary N) is 1. The quantitative estimate of drug-likeness (QED) is 0.865. The smallest absolute Gasteiger partial charge is 0.177 e. The lowest BCUT2D eigenvalue weighted by Gasteiger charge is -2.31. The molecular weight excluding hydrogens is 268 g/mol. The summed E-state index contributed by atoms with van der Waals surface area (Å²) < 4.78 is 5.38. The molecule has 2 N–H and O–H groups in total. The fraction of sp³-hybridized carbons (Fsp3) is 0.583. The standard InChI is InChI=1S/C12H18N2O2S2/c1-7-6-14(4-5-17-7)12-10(16-3)9(13)11(18-12)8(2)15/h7H,4-6,13H2,1-3H3. The van der Waals surface area contributed by atoms with Crippen molar-refractivity contribution in [1.29, 1.82) is 0 Å². The Morgan fingerprint density at radius 2 is 2.28 bits per heavy atom. The maximum Gasteiger partial charge on any atom is 0.177 e. The summed E-state index contributed by atoms with van der Waals surface area (Å²) in [6, 6.07) is 0. The van der Waals surface area contributed by atoms with Crippen LogP contribution in [0.3, 0.4) is 0 Å². The van der Waals surface area contributed by atoms with Crippen molar-refractivity contribution in [1.82, 2.24) is 0 Å². The number of ketones is 1. The van der Waals surface area contributed by atoms with E-state index in [9.17, 15) is 4.79 Å². The summed E-state index contributed by atoms with van der Waals surface area (Å²) in [7, 11) is 1.61. The molecule has 1 atom stereocenters. The number of carbonyl (C=O) groups is 1. The Hall–Kier alpha value is -0.880. The topological polar surface area (TPSA) is 55.6 Å². The summed E-state index contributed by atoms with van der Waals surface area (Å²) >= 11 is 3.42. The van der Waals surface area contributed by atoms with Crippen LogP contribution in [-0.4, -0.2) is 37.0 Å². The van der Waals surface area contributed by atoms with Gasteiger partial charge in [-0.15, -0.1) is 11.3 Å². The van der Waals surface area contributed by atoms with Gasteiger partial charge in [-0.25, -0.2) is 0 Å². The summed E-state index contributed by atoms with van der Waals surface area (Å²) in [6.45, 7) is 5.70. The molecule has 0 aromatic carbocycles. The fourth-order valence-corrected chi connectivity index (χ4v) is 4.22. The number of nitrogens with zero attached hydrogens (tertiary/aromatic N) is 1. The molecule has 1 saturated heterocycles. The molecule has 4 nitrogen and oxygen atoms in total. The second-order valence-corrected chi connectivity index (χ2v) is 6.91. The lowest BCUT2D eigenvalue weighted by Crippen LogP contribution is -2.36. The zero-order chi connectivity index (χ0) is 13.3. The molecule has 0 spiro atoms. The second kappa shape index (κ2) is 5.40. The molecule has 1 aromatic heterocycles. The number of methoxy groups -OCH3 is 1. The van der Waals surface area contributed by atoms with E-state index in [0.717, 1.165) is 23.8 Å². The van der Waals surface area contributed by atoms with E-state index in [1.54, 1.807) is 14.0 Å². The van der Waals surface area contributed by atoms with E-state index in [-0.39, 0.29) is 5.78 Å². The van der Waals surface area contributed by atoms with E-state index in [2.05, 4.69) is 11.8 Å². The Kier molecular flexibility index (Phi) is 4.07. The minimum atomic E-state index is 0.00137. The largest absolute Gasteiger partial charge is 0.492 e. The maximum absolute atomic E-state index is 11.5. The third kappa shape index (κ3) is 2.44. The zero-order valence-electron chi connectivity index (χ0n) is 10.9. The number of thiophene rings is 1. The minimum absolute atomic E-state index is 0.00137. The number of nitrogen functional groups attached to an aromatic ring is 1. The van der Waals surface area contributed by atoms with Gasteiger partial charge in [0.05, 0.1) is 17.7 Å². The van der Waals surface area contributed by atoms with Gasteiger partial charge in [0.1, 0.15) is 5.00 Å². The predicted octanol–water partition coefficient (Wildman–Crippen LogP) is 2.48. The first-order valence-electron chi connectivity index (χ1n) is 5.88. The van der Waals surface area contributed by atoms with E-state index < -0.39 is 0 Å². The SMILES string of the molecule is COc1c(N2CCSC(C)C2)sc(C(C)=O)c1N. The normalized spacial score (nSPS) is 19.9. The van der Waals surface area contributed by atoms with E-state index in [4.69, 9.17) is 10.5 Å². The van der Waals surface area contributed by atoms with E-state index in [1.807, 2.05) is 11.8 Å². The third-order valence-corrected chi connectivity index (χ3v) is 5.42. The van der Waals surface area contributed by atoms with Gasteiger partial charge in [-0.3, -0.25) is 4.79 Å². The molecule has 0 radical (unpaired) electrons. The first kappa shape index (κ1) is 13.5. The van der Waals surface area contributed by atoms with Crippen LogP contribution in [0.1, 0.15) is 23.5 Å². The first-order chi connectivity index (χ1) is 8.54. The maximum atomic E-state index is 11.5. The molecular formula is C12H18N2O2S2. The van der Waals surface area contributed by atoms with E-state index >= 15 is 0 Å². The molecule has 0 amide bonds. The summed E-state index contributed by atoms with van der Waals surface area (Å²) in [6.07, 6.45) is 0. The Morgan fingerprint density at radius 1 is 1.56 bits per heavy atom. The van der Waals surface area contributed by atoms with Crippen LogP contribution in [0.2, 0.25) is 0 Å². The van der Waals surface area contributed by atoms with Gasteiger partial charge in [0, 0.05) is 31.0 Å². The Balaban J connectivity index is 2.37. The monoisotopic (exact) mass is 286 g/mol. The number of hydrogen-bond donors (Lipinski definition) is 1. The second-order valence-electron chi connectivity index (χ2n) is 4.37. The van der Waals surface area contributed by atoms with Crippen molar-refractivity contribution in [3.05, 3.63) is 4.88 Å². The summed E-state index contributed by atoms with van der Waals surface area (Å²) in [5, 5.41) is 1.58. The minimum Gasteiger partial charge on any atom is -0.492 e. The highest BCUT2D eigenvalue weighted by molar-refractivity contribution is 8.00. The van der Waals surface area contributed by atoms with Gasteiger partial charge in [-0.05, 0) is 0 Å². The number of ether oxygens (including phenoxy) is 1. The van der Waals surface area contributed by atoms with E-state index in [1.165, 1.54) is 11.3 Å². The molecule has 100 valence electrons. The van der Waals surface area contributed by atoms with Crippen LogP contribution in [-0.2, 0) is 0 Å². The Bertz CT molecular complexity index is 459. The van der Waals surface area contributed by atoms with Crippen LogP contribution in [0.25, 0.3) is 0 Å². The van der Waals surface area contributed by atoms with Crippen molar-refractivity contribution in [2.45, 2.75) is 19.1 Å². The summed E-state index contributed by atoms with van der Waals surface area (Å²) in [5.74, 6) is 1.75. The van der Waals surface area contributed by atoms with Gasteiger partial charge in [0.15, 0.2) is 11.5 Å². The van der Waals surface area contributed by atoms with Gasteiger partial charge in [0.2, 0.25) is 0 Å². The molecule has 0 bridgehead atoms. The molecule has 1 aliphatic rings. The van der Waals surface area contributed by atoms with Gasteiger partial charge in [0.25, 0.3) is 0 Å². The molecule has 1 aromatic rings. The van der Waals surface area contributed by atoms with Crippen LogP contribution in [0.5, 0.6) is 5.75 Å². The fourth-order valence-electron chi connectivity index (χ4n) is 2.09. The summed E-state index contributed by atoms with van der Waals surface area (Å²) in [5.41, 5.74) is 6.47. The zero-order valence-corrected chi connectivity index (χ0v) is 12.5. The molecule has 2 heterocycles. The Labute approximate surface area is 115 Å². The lowest BCUT2D eigenvalue weighted by molar-refractivity contribution is 0.102. The molecule has 0 saturated carbocycles. The molecule has 6 heteroatoms. The van der Waals surface area contributed by atoms with Crippen LogP contribution >= 0.6 is 23.1 Å². The van der Waals surface area contributed by atoms with Crippen molar-refractivity contribution >= 4 is 39.6 Å². The summed E-state index contributed by atoms with van der Waals surface area (Å²) in [4.78, 5) is 14.4. The van der Waals surface area contributed by atoms with Crippen molar-refractivity contribution < 1.29 is 9.53 Å². The average molecular weight is 286 g/mol.